The van der Waals surface area contributed by atoms with Gasteiger partial charge in [0.15, 0.2) is 12.2 Å². The van der Waals surface area contributed by atoms with Crippen LogP contribution < -0.4 is 0 Å². The van der Waals surface area contributed by atoms with Crippen molar-refractivity contribution in [2.24, 2.45) is 0 Å². The summed E-state index contributed by atoms with van der Waals surface area (Å²) in [6.07, 6.45) is 76.4. The molecule has 0 saturated carbocycles. The Balaban J connectivity index is 5.21. The summed E-state index contributed by atoms with van der Waals surface area (Å²) in [5.74, 6) is -2.10. The van der Waals surface area contributed by atoms with E-state index < -0.39 is 97.5 Å². The molecule has 0 aromatic carbocycles. The molecule has 17 nitrogen and oxygen atoms in total. The zero-order valence-electron chi connectivity index (χ0n) is 69.4. The van der Waals surface area contributed by atoms with Gasteiger partial charge >= 0.3 is 39.5 Å². The maximum atomic E-state index is 13.2. The van der Waals surface area contributed by atoms with E-state index in [1.807, 2.05) is 0 Å². The second kappa shape index (κ2) is 81.1. The third kappa shape index (κ3) is 80.1. The number of phosphoric ester groups is 2. The highest BCUT2D eigenvalue weighted by Gasteiger charge is 2.30. The molecule has 0 spiro atoms. The third-order valence-corrected chi connectivity index (χ3v) is 22.5. The molecule has 19 heteroatoms. The molecule has 0 aromatic heterocycles. The van der Waals surface area contributed by atoms with Crippen LogP contribution in [-0.2, 0) is 65.4 Å². The first-order valence-corrected chi connectivity index (χ1v) is 48.3. The second-order valence-electron chi connectivity index (χ2n) is 31.3. The number of phosphoric acid groups is 2. The molecule has 0 saturated heterocycles. The van der Waals surface area contributed by atoms with Crippen molar-refractivity contribution in [2.45, 2.75) is 495 Å². The van der Waals surface area contributed by atoms with Gasteiger partial charge in [-0.25, -0.2) is 9.13 Å². The molecular formula is C87H170O17P2. The lowest BCUT2D eigenvalue weighted by Gasteiger charge is -2.21. The zero-order chi connectivity index (χ0) is 77.4. The summed E-state index contributed by atoms with van der Waals surface area (Å²) in [4.78, 5) is 73.2. The predicted molar refractivity (Wildman–Crippen MR) is 437 cm³/mol. The highest BCUT2D eigenvalue weighted by Crippen LogP contribution is 2.45. The SMILES string of the molecule is CCCCCCCCCCCCCCCCCCCCCCC(=O)OC[C@H](COP(=O)(O)OC[C@@H](O)COP(=O)(O)OC[C@@H](COC(=O)CCCCCCCCCCCC)OC(=O)CCCCCCCCCCCCCCCCCC)OC(=O)CCCCCCCCCCCCCCCCCCCCCC. The molecule has 0 aliphatic rings. The number of ether oxygens (including phenoxy) is 4. The van der Waals surface area contributed by atoms with Gasteiger partial charge in [0, 0.05) is 25.7 Å². The number of hydrogen-bond acceptors (Lipinski definition) is 15. The molecule has 0 heterocycles. The Morgan fingerprint density at radius 3 is 0.557 bits per heavy atom. The highest BCUT2D eigenvalue weighted by atomic mass is 31.2. The van der Waals surface area contributed by atoms with Gasteiger partial charge in [-0.15, -0.1) is 0 Å². The van der Waals surface area contributed by atoms with Crippen molar-refractivity contribution in [3.05, 3.63) is 0 Å². The monoisotopic (exact) mass is 1550 g/mol. The van der Waals surface area contributed by atoms with Crippen molar-refractivity contribution < 1.29 is 80.2 Å². The van der Waals surface area contributed by atoms with Crippen LogP contribution in [0.15, 0.2) is 0 Å². The number of esters is 4. The molecule has 0 fully saturated rings. The minimum absolute atomic E-state index is 0.109. The molecule has 0 radical (unpaired) electrons. The van der Waals surface area contributed by atoms with Crippen molar-refractivity contribution in [1.82, 2.24) is 0 Å². The fourth-order valence-corrected chi connectivity index (χ4v) is 15.3. The van der Waals surface area contributed by atoms with Gasteiger partial charge in [-0.2, -0.15) is 0 Å². The number of carbonyl (C=O) groups is 4. The van der Waals surface area contributed by atoms with E-state index in [2.05, 4.69) is 27.7 Å². The molecule has 0 amide bonds. The van der Waals surface area contributed by atoms with Gasteiger partial charge in [-0.1, -0.05) is 426 Å². The molecule has 0 aliphatic carbocycles. The molecule has 0 aliphatic heterocycles. The maximum absolute atomic E-state index is 13.2. The summed E-state index contributed by atoms with van der Waals surface area (Å²) in [7, 11) is -9.93. The predicted octanol–water partition coefficient (Wildman–Crippen LogP) is 26.9. The Bertz CT molecular complexity index is 2000. The summed E-state index contributed by atoms with van der Waals surface area (Å²) in [6, 6.07) is 0. The lowest BCUT2D eigenvalue weighted by Crippen LogP contribution is -2.30. The Labute approximate surface area is 651 Å². The Morgan fingerprint density at radius 1 is 0.226 bits per heavy atom. The highest BCUT2D eigenvalue weighted by molar-refractivity contribution is 7.47. The summed E-state index contributed by atoms with van der Waals surface area (Å²) in [5.41, 5.74) is 0. The van der Waals surface area contributed by atoms with E-state index in [0.29, 0.717) is 25.7 Å². The molecule has 2 unspecified atom stereocenters. The van der Waals surface area contributed by atoms with Crippen LogP contribution in [-0.4, -0.2) is 96.7 Å². The molecule has 3 N–H and O–H groups in total. The van der Waals surface area contributed by atoms with E-state index >= 15 is 0 Å². The standard InChI is InChI=1S/C87H170O17P2/c1-5-9-13-17-21-25-29-32-35-38-40-42-44-47-49-52-56-60-64-68-72-85(90)98-78-83(104-87(92)74-70-66-62-58-54-51-48-45-43-41-39-36-33-30-26-22-18-14-10-6-2)80-102-106(95,96)100-76-81(88)75-99-105(93,94)101-79-82(77-97-84(89)71-67-63-59-55-28-24-20-16-12-8-4)103-86(91)73-69-65-61-57-53-50-46-37-34-31-27-23-19-15-11-7-3/h81-83,88H,5-80H2,1-4H3,(H,93,94)(H,95,96)/t81-,82+,83+/m0/s1. The number of aliphatic hydroxyl groups excluding tert-OH is 1. The molecule has 0 aromatic rings. The van der Waals surface area contributed by atoms with Crippen LogP contribution in [0.25, 0.3) is 0 Å². The van der Waals surface area contributed by atoms with Crippen molar-refractivity contribution in [3.8, 4) is 0 Å². The van der Waals surface area contributed by atoms with Gasteiger partial charge in [0.1, 0.15) is 19.3 Å². The average molecular weight is 1550 g/mol. The normalized spacial score (nSPS) is 13.7. The Hall–Kier alpha value is -1.94. The molecule has 0 rings (SSSR count). The van der Waals surface area contributed by atoms with Gasteiger partial charge in [0.05, 0.1) is 26.4 Å². The minimum atomic E-state index is -4.97. The number of carbonyl (C=O) groups excluding carboxylic acids is 4. The van der Waals surface area contributed by atoms with E-state index in [9.17, 15) is 43.2 Å². The quantitative estimate of drug-likeness (QED) is 0.0222. The smallest absolute Gasteiger partial charge is 0.462 e. The second-order valence-corrected chi connectivity index (χ2v) is 34.2. The van der Waals surface area contributed by atoms with Crippen molar-refractivity contribution in [1.29, 1.82) is 0 Å². The van der Waals surface area contributed by atoms with Crippen LogP contribution in [0.1, 0.15) is 477 Å². The number of hydrogen-bond donors (Lipinski definition) is 3. The first-order chi connectivity index (χ1) is 51.7. The van der Waals surface area contributed by atoms with Gasteiger partial charge < -0.3 is 33.8 Å². The fraction of sp³-hybridized carbons (Fsp3) is 0.954. The van der Waals surface area contributed by atoms with Crippen molar-refractivity contribution in [3.63, 3.8) is 0 Å². The van der Waals surface area contributed by atoms with Crippen LogP contribution in [0, 0.1) is 0 Å². The number of aliphatic hydroxyl groups is 1. The minimum Gasteiger partial charge on any atom is -0.462 e. The zero-order valence-corrected chi connectivity index (χ0v) is 71.2. The largest absolute Gasteiger partial charge is 0.472 e. The van der Waals surface area contributed by atoms with Gasteiger partial charge in [-0.05, 0) is 25.7 Å². The molecule has 5 atom stereocenters. The lowest BCUT2D eigenvalue weighted by atomic mass is 10.0. The van der Waals surface area contributed by atoms with Gasteiger partial charge in [-0.3, -0.25) is 37.3 Å². The van der Waals surface area contributed by atoms with Crippen LogP contribution in [0.2, 0.25) is 0 Å². The Kier molecular flexibility index (Phi) is 79.6. The van der Waals surface area contributed by atoms with Gasteiger partial charge in [0.25, 0.3) is 0 Å². The average Bonchev–Trinajstić information content (AvgIpc) is 0.936. The van der Waals surface area contributed by atoms with E-state index in [1.165, 1.54) is 308 Å². The molecule has 106 heavy (non-hydrogen) atoms. The van der Waals surface area contributed by atoms with Crippen LogP contribution in [0.5, 0.6) is 0 Å². The van der Waals surface area contributed by atoms with Crippen molar-refractivity contribution in [2.75, 3.05) is 39.6 Å². The summed E-state index contributed by atoms with van der Waals surface area (Å²) >= 11 is 0. The van der Waals surface area contributed by atoms with Crippen LogP contribution in [0.3, 0.4) is 0 Å². The van der Waals surface area contributed by atoms with Gasteiger partial charge in [0.2, 0.25) is 0 Å². The summed E-state index contributed by atoms with van der Waals surface area (Å²) < 4.78 is 68.9. The first-order valence-electron chi connectivity index (χ1n) is 45.3. The fourth-order valence-electron chi connectivity index (χ4n) is 13.7. The third-order valence-electron chi connectivity index (χ3n) is 20.6. The number of rotatable bonds is 88. The van der Waals surface area contributed by atoms with Crippen LogP contribution >= 0.6 is 15.6 Å². The van der Waals surface area contributed by atoms with E-state index in [0.717, 1.165) is 89.9 Å². The lowest BCUT2D eigenvalue weighted by molar-refractivity contribution is -0.161. The van der Waals surface area contributed by atoms with E-state index in [-0.39, 0.29) is 25.7 Å². The van der Waals surface area contributed by atoms with E-state index in [4.69, 9.17) is 37.0 Å². The molecule has 0 bridgehead atoms. The topological polar surface area (TPSA) is 237 Å². The molecule has 630 valence electrons. The summed E-state index contributed by atoms with van der Waals surface area (Å²) in [5, 5.41) is 10.7. The summed E-state index contributed by atoms with van der Waals surface area (Å²) in [6.45, 7) is 5.06. The number of unbranched alkanes of at least 4 members (excludes halogenated alkanes) is 62. The molecular weight excluding hydrogens is 1380 g/mol. The van der Waals surface area contributed by atoms with Crippen molar-refractivity contribution >= 4 is 39.5 Å². The first kappa shape index (κ1) is 104. The Morgan fingerprint density at radius 2 is 0.377 bits per heavy atom. The van der Waals surface area contributed by atoms with Crippen LogP contribution in [0.4, 0.5) is 0 Å². The maximum Gasteiger partial charge on any atom is 0.472 e. The van der Waals surface area contributed by atoms with E-state index in [1.54, 1.807) is 0 Å².